The van der Waals surface area contributed by atoms with E-state index in [1.165, 1.54) is 0 Å². The van der Waals surface area contributed by atoms with E-state index >= 15 is 0 Å². The van der Waals surface area contributed by atoms with E-state index in [4.69, 9.17) is 0 Å². The molecule has 14 heteroatoms. The second-order valence-electron chi connectivity index (χ2n) is 6.60. The molecular formula is C17H20I3N3O8. The maximum Gasteiger partial charge on any atom is 0.254 e. The number of nitriles is 1. The molecule has 0 saturated heterocycles. The molecule has 0 aliphatic heterocycles. The van der Waals surface area contributed by atoms with Crippen LogP contribution in [0.3, 0.4) is 0 Å². The van der Waals surface area contributed by atoms with Crippen molar-refractivity contribution in [3.05, 3.63) is 27.4 Å². The van der Waals surface area contributed by atoms with Crippen LogP contribution in [-0.2, 0) is 0 Å². The van der Waals surface area contributed by atoms with Crippen molar-refractivity contribution in [1.82, 2.24) is 10.6 Å². The zero-order valence-corrected chi connectivity index (χ0v) is 22.3. The van der Waals surface area contributed by atoms with Crippen molar-refractivity contribution < 1.29 is 40.2 Å². The van der Waals surface area contributed by atoms with E-state index in [9.17, 15) is 45.5 Å². The average molecular weight is 775 g/mol. The van der Waals surface area contributed by atoms with E-state index < -0.39 is 62.5 Å². The number of carbonyl (C=O) groups is 2. The van der Waals surface area contributed by atoms with Gasteiger partial charge in [0.1, 0.15) is 17.1 Å². The monoisotopic (exact) mass is 775 g/mol. The summed E-state index contributed by atoms with van der Waals surface area (Å²) in [5, 5.41) is 71.1. The summed E-state index contributed by atoms with van der Waals surface area (Å²) in [5.74, 6) is -1.71. The fourth-order valence-electron chi connectivity index (χ4n) is 2.30. The van der Waals surface area contributed by atoms with Crippen molar-refractivity contribution >= 4 is 79.6 Å². The van der Waals surface area contributed by atoms with E-state index in [0.29, 0.717) is 0 Å². The molecule has 172 valence electrons. The number of nitrogens with zero attached hydrogens (tertiary/aromatic N) is 1. The Kier molecular flexibility index (Phi) is 11.2. The Balaban J connectivity index is 3.66. The van der Waals surface area contributed by atoms with Gasteiger partial charge in [-0.2, -0.15) is 5.26 Å². The van der Waals surface area contributed by atoms with E-state index in [1.54, 1.807) is 67.8 Å². The van der Waals surface area contributed by atoms with Crippen LogP contribution >= 0.6 is 67.8 Å². The normalized spacial score (nSPS) is 11.7. The number of hydrogen-bond donors (Lipinski definition) is 8. The topological polar surface area (TPSA) is 203 Å². The number of aliphatic hydroxyl groups is 6. The Bertz CT molecular complexity index is 805. The molecule has 0 fully saturated rings. The molecule has 8 N–H and O–H groups in total. The highest BCUT2D eigenvalue weighted by molar-refractivity contribution is 14.1. The Morgan fingerprint density at radius 1 is 0.710 bits per heavy atom. The minimum atomic E-state index is -1.73. The molecule has 0 unspecified atom stereocenters. The van der Waals surface area contributed by atoms with Crippen LogP contribution in [0.2, 0.25) is 0 Å². The first-order valence-corrected chi connectivity index (χ1v) is 11.7. The molecule has 11 nitrogen and oxygen atoms in total. The van der Waals surface area contributed by atoms with Crippen LogP contribution in [0.5, 0.6) is 0 Å². The molecule has 0 aliphatic rings. The largest absolute Gasteiger partial charge is 0.394 e. The summed E-state index contributed by atoms with van der Waals surface area (Å²) in [4.78, 5) is 25.9. The van der Waals surface area contributed by atoms with Gasteiger partial charge >= 0.3 is 0 Å². The first-order valence-electron chi connectivity index (χ1n) is 8.47. The number of amides is 2. The lowest BCUT2D eigenvalue weighted by molar-refractivity contribution is 0.0370. The molecule has 1 aromatic rings. The van der Waals surface area contributed by atoms with Crippen molar-refractivity contribution in [1.29, 1.82) is 5.26 Å². The van der Waals surface area contributed by atoms with Gasteiger partial charge in [-0.1, -0.05) is 0 Å². The van der Waals surface area contributed by atoms with Crippen LogP contribution in [0.1, 0.15) is 26.3 Å². The van der Waals surface area contributed by atoms with Crippen molar-refractivity contribution in [3.63, 3.8) is 0 Å². The van der Waals surface area contributed by atoms with E-state index in [0.717, 1.165) is 0 Å². The van der Waals surface area contributed by atoms with E-state index in [2.05, 4.69) is 10.6 Å². The molecule has 0 radical (unpaired) electrons. The summed E-state index contributed by atoms with van der Waals surface area (Å²) >= 11 is 5.22. The summed E-state index contributed by atoms with van der Waals surface area (Å²) in [6, 6.07) is 1.92. The molecule has 0 heterocycles. The van der Waals surface area contributed by atoms with Gasteiger partial charge in [-0.15, -0.1) is 0 Å². The van der Waals surface area contributed by atoms with Gasteiger partial charge in [0.2, 0.25) is 0 Å². The van der Waals surface area contributed by atoms with Crippen molar-refractivity contribution in [2.24, 2.45) is 0 Å². The quantitative estimate of drug-likeness (QED) is 0.127. The zero-order valence-electron chi connectivity index (χ0n) is 15.8. The number of halogens is 3. The summed E-state index contributed by atoms with van der Waals surface area (Å²) in [6.45, 7) is -4.62. The first-order chi connectivity index (χ1) is 14.6. The third-order valence-electron chi connectivity index (χ3n) is 4.46. The Morgan fingerprint density at radius 3 is 1.23 bits per heavy atom. The van der Waals surface area contributed by atoms with Crippen LogP contribution in [-0.4, -0.2) is 93.2 Å². The highest BCUT2D eigenvalue weighted by Gasteiger charge is 2.36. The Labute approximate surface area is 218 Å². The van der Waals surface area contributed by atoms with Gasteiger partial charge in [0.15, 0.2) is 0 Å². The summed E-state index contributed by atoms with van der Waals surface area (Å²) < 4.78 is 0.498. The maximum atomic E-state index is 13.0. The van der Waals surface area contributed by atoms with Gasteiger partial charge in [-0.25, -0.2) is 0 Å². The average Bonchev–Trinajstić information content (AvgIpc) is 2.76. The summed E-state index contributed by atoms with van der Waals surface area (Å²) in [5.41, 5.74) is -3.68. The molecule has 0 saturated carbocycles. The van der Waals surface area contributed by atoms with Gasteiger partial charge in [0.05, 0.1) is 56.3 Å². The highest BCUT2D eigenvalue weighted by Crippen LogP contribution is 2.32. The molecule has 1 aromatic carbocycles. The van der Waals surface area contributed by atoms with Crippen LogP contribution in [0, 0.1) is 22.0 Å². The molecule has 0 atom stereocenters. The minimum Gasteiger partial charge on any atom is -0.394 e. The number of aliphatic hydroxyl groups excluding tert-OH is 6. The predicted octanol–water partition coefficient (Wildman–Crippen LogP) is -1.74. The van der Waals surface area contributed by atoms with Crippen LogP contribution in [0.4, 0.5) is 0 Å². The third kappa shape index (κ3) is 5.94. The predicted molar refractivity (Wildman–Crippen MR) is 132 cm³/mol. The SMILES string of the molecule is N#Cc1c(I)c(C(=O)NC(CO)(CO)CO)c(I)c(C(=O)NC(CO)(CO)CO)c1I. The van der Waals surface area contributed by atoms with Crippen molar-refractivity contribution in [2.45, 2.75) is 11.1 Å². The van der Waals surface area contributed by atoms with Gasteiger partial charge < -0.3 is 41.3 Å². The number of benzene rings is 1. The van der Waals surface area contributed by atoms with Gasteiger partial charge in [0.25, 0.3) is 11.8 Å². The molecule has 31 heavy (non-hydrogen) atoms. The van der Waals surface area contributed by atoms with Crippen molar-refractivity contribution in [3.8, 4) is 6.07 Å². The number of rotatable bonds is 10. The Morgan fingerprint density at radius 2 is 1.00 bits per heavy atom. The molecule has 2 amide bonds. The summed E-state index contributed by atoms with van der Waals surface area (Å²) in [7, 11) is 0. The molecule has 1 rings (SSSR count). The standard InChI is InChI=1S/C17H20I3N3O8/c18-11-8(1-21)12(19)10(15(31)23-17(5-27,6-28)7-29)13(20)9(11)14(30)22-16(2-24,3-25)4-26/h24-29H,2-7H2,(H,22,30)(H,23,31). The zero-order chi connectivity index (χ0) is 24.0. The lowest BCUT2D eigenvalue weighted by Gasteiger charge is -2.30. The van der Waals surface area contributed by atoms with E-state index in [1.807, 2.05) is 6.07 Å². The van der Waals surface area contributed by atoms with Gasteiger partial charge in [-0.3, -0.25) is 9.59 Å². The molecule has 0 spiro atoms. The molecule has 0 aliphatic carbocycles. The lowest BCUT2D eigenvalue weighted by Crippen LogP contribution is -2.58. The van der Waals surface area contributed by atoms with Crippen LogP contribution in [0.15, 0.2) is 0 Å². The highest BCUT2D eigenvalue weighted by atomic mass is 127. The Hall–Kier alpha value is -0.400. The second-order valence-corrected chi connectivity index (χ2v) is 9.83. The van der Waals surface area contributed by atoms with Gasteiger partial charge in [-0.05, 0) is 67.8 Å². The number of nitrogens with one attached hydrogen (secondary N) is 2. The van der Waals surface area contributed by atoms with Gasteiger partial charge in [0, 0.05) is 10.7 Å². The molecular weight excluding hydrogens is 755 g/mol. The number of carbonyl (C=O) groups excluding carboxylic acids is 2. The fraction of sp³-hybridized carbons (Fsp3) is 0.471. The smallest absolute Gasteiger partial charge is 0.254 e. The second kappa shape index (κ2) is 12.2. The first kappa shape index (κ1) is 28.6. The number of hydrogen-bond acceptors (Lipinski definition) is 9. The summed E-state index contributed by atoms with van der Waals surface area (Å²) in [6.07, 6.45) is 0. The van der Waals surface area contributed by atoms with Crippen LogP contribution in [0.25, 0.3) is 0 Å². The molecule has 0 aromatic heterocycles. The minimum absolute atomic E-state index is 0.00195. The van der Waals surface area contributed by atoms with Crippen LogP contribution < -0.4 is 10.6 Å². The van der Waals surface area contributed by atoms with Crippen molar-refractivity contribution in [2.75, 3.05) is 39.6 Å². The van der Waals surface area contributed by atoms with E-state index in [-0.39, 0.29) is 27.4 Å². The third-order valence-corrected chi connectivity index (χ3v) is 7.69. The maximum absolute atomic E-state index is 13.0. The fourth-order valence-corrected chi connectivity index (χ4v) is 6.69. The lowest BCUT2D eigenvalue weighted by atomic mass is 9.99. The molecule has 0 bridgehead atoms.